The summed E-state index contributed by atoms with van der Waals surface area (Å²) in [5, 5.41) is 7.42. The molecule has 0 atom stereocenters. The lowest BCUT2D eigenvalue weighted by atomic mass is 10.1. The maximum Gasteiger partial charge on any atom is 0.305 e. The first kappa shape index (κ1) is 26.6. The second-order valence-electron chi connectivity index (χ2n) is 6.29. The number of carboxylic acid groups (broad SMARTS) is 1. The first-order valence-corrected chi connectivity index (χ1v) is 9.94. The molecular formula is C20H38O6. The topological polar surface area (TPSA) is 89.9 Å². The molecule has 0 bridgehead atoms. The van der Waals surface area contributed by atoms with Crippen molar-refractivity contribution in [2.24, 2.45) is 0 Å². The van der Waals surface area contributed by atoms with Crippen LogP contribution in [-0.2, 0) is 23.9 Å². The molecule has 0 heterocycles. The number of ether oxygens (including phenoxy) is 2. The van der Waals surface area contributed by atoms with Crippen LogP contribution in [0.1, 0.15) is 97.8 Å². The predicted molar refractivity (Wildman–Crippen MR) is 102 cm³/mol. The second kappa shape index (κ2) is 21.5. The van der Waals surface area contributed by atoms with Gasteiger partial charge in [0.25, 0.3) is 5.97 Å². The Hall–Kier alpha value is -1.59. The fraction of sp³-hybridized carbons (Fsp3) is 0.850. The number of carbonyl (C=O) groups is 3. The van der Waals surface area contributed by atoms with Gasteiger partial charge in [-0.25, -0.2) is 0 Å². The summed E-state index contributed by atoms with van der Waals surface area (Å²) in [5.74, 6) is -0.966. The van der Waals surface area contributed by atoms with Crippen LogP contribution < -0.4 is 0 Å². The molecule has 0 saturated carbocycles. The molecule has 0 aromatic rings. The van der Waals surface area contributed by atoms with E-state index in [1.54, 1.807) is 0 Å². The van der Waals surface area contributed by atoms with Crippen molar-refractivity contribution >= 4 is 17.9 Å². The average molecular weight is 375 g/mol. The third-order valence-electron chi connectivity index (χ3n) is 3.53. The third kappa shape index (κ3) is 27.3. The van der Waals surface area contributed by atoms with Crippen molar-refractivity contribution in [3.63, 3.8) is 0 Å². The maximum atomic E-state index is 11.4. The molecule has 0 saturated heterocycles. The highest BCUT2D eigenvalue weighted by atomic mass is 16.5. The minimum atomic E-state index is -0.833. The Bertz CT molecular complexity index is 322. The quantitative estimate of drug-likeness (QED) is 0.324. The summed E-state index contributed by atoms with van der Waals surface area (Å²) in [6.45, 7) is 6.37. The number of esters is 2. The van der Waals surface area contributed by atoms with Gasteiger partial charge in [0, 0.05) is 19.8 Å². The van der Waals surface area contributed by atoms with Crippen molar-refractivity contribution < 1.29 is 29.0 Å². The van der Waals surface area contributed by atoms with E-state index in [1.807, 2.05) is 0 Å². The molecule has 0 aromatic heterocycles. The van der Waals surface area contributed by atoms with E-state index in [1.165, 1.54) is 0 Å². The first-order chi connectivity index (χ1) is 12.4. The van der Waals surface area contributed by atoms with E-state index in [2.05, 4.69) is 13.8 Å². The van der Waals surface area contributed by atoms with Crippen molar-refractivity contribution in [2.45, 2.75) is 97.8 Å². The molecule has 0 fully saturated rings. The Morgan fingerprint density at radius 3 is 1.27 bits per heavy atom. The summed E-state index contributed by atoms with van der Waals surface area (Å²) < 4.78 is 10.2. The number of hydrogen-bond acceptors (Lipinski definition) is 5. The first-order valence-electron chi connectivity index (χ1n) is 9.94. The van der Waals surface area contributed by atoms with Crippen LogP contribution in [-0.4, -0.2) is 36.2 Å². The fourth-order valence-corrected chi connectivity index (χ4v) is 2.05. The van der Waals surface area contributed by atoms with Gasteiger partial charge < -0.3 is 14.6 Å². The van der Waals surface area contributed by atoms with Crippen molar-refractivity contribution in [3.8, 4) is 0 Å². The summed E-state index contributed by atoms with van der Waals surface area (Å²) in [6.07, 6.45) is 11.3. The number of carbonyl (C=O) groups excluding carboxylic acids is 2. The molecule has 0 aromatic carbocycles. The standard InChI is InChI=1S/C18H34O4.C2H4O2/c1-3-5-15-21-17(19)13-11-9-7-8-10-12-14-18(20)22-16-6-4-2;1-2(3)4/h3-16H2,1-2H3;1H3,(H,3,4). The highest BCUT2D eigenvalue weighted by molar-refractivity contribution is 5.69. The van der Waals surface area contributed by atoms with Crippen LogP contribution in [0.3, 0.4) is 0 Å². The van der Waals surface area contributed by atoms with Crippen LogP contribution in [0.5, 0.6) is 0 Å². The molecule has 0 spiro atoms. The van der Waals surface area contributed by atoms with Crippen LogP contribution in [0.15, 0.2) is 0 Å². The fourth-order valence-electron chi connectivity index (χ4n) is 2.05. The van der Waals surface area contributed by atoms with Crippen molar-refractivity contribution in [3.05, 3.63) is 0 Å². The Balaban J connectivity index is 0. The minimum Gasteiger partial charge on any atom is -0.481 e. The molecule has 0 rings (SSSR count). The number of hydrogen-bond donors (Lipinski definition) is 1. The van der Waals surface area contributed by atoms with Crippen LogP contribution in [0, 0.1) is 0 Å². The number of carboxylic acids is 1. The zero-order valence-electron chi connectivity index (χ0n) is 16.9. The maximum absolute atomic E-state index is 11.4. The van der Waals surface area contributed by atoms with Gasteiger partial charge in [-0.2, -0.15) is 0 Å². The van der Waals surface area contributed by atoms with E-state index in [0.717, 1.165) is 71.1 Å². The van der Waals surface area contributed by atoms with E-state index >= 15 is 0 Å². The van der Waals surface area contributed by atoms with Crippen molar-refractivity contribution in [1.29, 1.82) is 0 Å². The molecule has 0 radical (unpaired) electrons. The summed E-state index contributed by atoms with van der Waals surface area (Å²) in [7, 11) is 0. The normalized spacial score (nSPS) is 9.81. The Morgan fingerprint density at radius 1 is 0.654 bits per heavy atom. The largest absolute Gasteiger partial charge is 0.481 e. The lowest BCUT2D eigenvalue weighted by Gasteiger charge is -2.05. The molecule has 6 heteroatoms. The molecule has 0 aliphatic carbocycles. The van der Waals surface area contributed by atoms with Gasteiger partial charge in [0.15, 0.2) is 0 Å². The highest BCUT2D eigenvalue weighted by Gasteiger charge is 2.03. The molecule has 6 nitrogen and oxygen atoms in total. The van der Waals surface area contributed by atoms with Crippen LogP contribution in [0.25, 0.3) is 0 Å². The van der Waals surface area contributed by atoms with Crippen LogP contribution in [0.4, 0.5) is 0 Å². The van der Waals surface area contributed by atoms with Gasteiger partial charge in [0.2, 0.25) is 0 Å². The molecular weight excluding hydrogens is 336 g/mol. The number of aliphatic carboxylic acids is 1. The van der Waals surface area contributed by atoms with E-state index in [0.29, 0.717) is 26.1 Å². The Morgan fingerprint density at radius 2 is 0.962 bits per heavy atom. The molecule has 0 aliphatic heterocycles. The van der Waals surface area contributed by atoms with Gasteiger partial charge in [-0.05, 0) is 25.7 Å². The molecule has 154 valence electrons. The monoisotopic (exact) mass is 374 g/mol. The van der Waals surface area contributed by atoms with Gasteiger partial charge in [-0.3, -0.25) is 14.4 Å². The van der Waals surface area contributed by atoms with E-state index in [-0.39, 0.29) is 11.9 Å². The summed E-state index contributed by atoms with van der Waals surface area (Å²) in [4.78, 5) is 31.7. The van der Waals surface area contributed by atoms with Gasteiger partial charge in [-0.1, -0.05) is 52.4 Å². The Kier molecular flexibility index (Phi) is 22.0. The third-order valence-corrected chi connectivity index (χ3v) is 3.53. The van der Waals surface area contributed by atoms with Gasteiger partial charge >= 0.3 is 11.9 Å². The molecule has 0 unspecified atom stereocenters. The molecule has 1 N–H and O–H groups in total. The lowest BCUT2D eigenvalue weighted by molar-refractivity contribution is -0.144. The number of unbranched alkanes of at least 4 members (excludes halogenated alkanes) is 7. The summed E-state index contributed by atoms with van der Waals surface area (Å²) >= 11 is 0. The average Bonchev–Trinajstić information content (AvgIpc) is 2.57. The van der Waals surface area contributed by atoms with Crippen LogP contribution in [0.2, 0.25) is 0 Å². The van der Waals surface area contributed by atoms with Gasteiger partial charge in [-0.15, -0.1) is 0 Å². The number of rotatable bonds is 15. The molecule has 0 aliphatic rings. The van der Waals surface area contributed by atoms with E-state index in [4.69, 9.17) is 19.4 Å². The van der Waals surface area contributed by atoms with Crippen LogP contribution >= 0.6 is 0 Å². The highest BCUT2D eigenvalue weighted by Crippen LogP contribution is 2.10. The minimum absolute atomic E-state index is 0.0664. The van der Waals surface area contributed by atoms with E-state index in [9.17, 15) is 9.59 Å². The predicted octanol–water partition coefficient (Wildman–Crippen LogP) is 4.88. The lowest BCUT2D eigenvalue weighted by Crippen LogP contribution is -2.05. The SMILES string of the molecule is CC(=O)O.CCCCOC(=O)CCCCCCCCC(=O)OCCCC. The zero-order chi connectivity index (χ0) is 20.0. The Labute approximate surface area is 158 Å². The summed E-state index contributed by atoms with van der Waals surface area (Å²) in [5.41, 5.74) is 0. The van der Waals surface area contributed by atoms with Gasteiger partial charge in [0.1, 0.15) is 0 Å². The smallest absolute Gasteiger partial charge is 0.305 e. The van der Waals surface area contributed by atoms with Gasteiger partial charge in [0.05, 0.1) is 13.2 Å². The van der Waals surface area contributed by atoms with Crippen molar-refractivity contribution in [2.75, 3.05) is 13.2 Å². The molecule has 0 amide bonds. The molecule has 26 heavy (non-hydrogen) atoms. The summed E-state index contributed by atoms with van der Waals surface area (Å²) in [6, 6.07) is 0. The van der Waals surface area contributed by atoms with E-state index < -0.39 is 5.97 Å². The second-order valence-corrected chi connectivity index (χ2v) is 6.29. The van der Waals surface area contributed by atoms with Crippen molar-refractivity contribution in [1.82, 2.24) is 0 Å². The zero-order valence-corrected chi connectivity index (χ0v) is 16.9.